The number of nitrogens with one attached hydrogen (secondary N) is 2. The standard InChI is InChI=1S/C14H21N3OS/c1-10(2)9-17-13(18)7-8-16-12-5-3-11(4-6-12)14(15)19/h3-6,10,16H,7-9H2,1-2H3,(H2,15,19)(H,17,18). The van der Waals surface area contributed by atoms with E-state index >= 15 is 0 Å². The third-order valence-electron chi connectivity index (χ3n) is 2.56. The van der Waals surface area contributed by atoms with Crippen LogP contribution in [0.15, 0.2) is 24.3 Å². The number of thiocarbonyl (C=S) groups is 1. The van der Waals surface area contributed by atoms with Crippen molar-refractivity contribution in [2.24, 2.45) is 11.7 Å². The molecule has 0 atom stereocenters. The number of amides is 1. The van der Waals surface area contributed by atoms with Crippen molar-refractivity contribution in [3.63, 3.8) is 0 Å². The molecule has 1 amide bonds. The van der Waals surface area contributed by atoms with Crippen molar-refractivity contribution in [3.8, 4) is 0 Å². The van der Waals surface area contributed by atoms with Gasteiger partial charge in [0.1, 0.15) is 4.99 Å². The summed E-state index contributed by atoms with van der Waals surface area (Å²) in [6, 6.07) is 7.54. The summed E-state index contributed by atoms with van der Waals surface area (Å²) in [5, 5.41) is 6.06. The molecule has 0 saturated carbocycles. The Kier molecular flexibility index (Phi) is 6.29. The van der Waals surface area contributed by atoms with Gasteiger partial charge in [0, 0.05) is 30.8 Å². The zero-order valence-electron chi connectivity index (χ0n) is 11.4. The summed E-state index contributed by atoms with van der Waals surface area (Å²) in [6.07, 6.45) is 0.462. The van der Waals surface area contributed by atoms with Crippen LogP contribution in [-0.2, 0) is 4.79 Å². The minimum atomic E-state index is 0.0703. The first-order valence-electron chi connectivity index (χ1n) is 6.39. The lowest BCUT2D eigenvalue weighted by atomic mass is 10.2. The molecule has 0 spiro atoms. The molecule has 0 aliphatic heterocycles. The largest absolute Gasteiger partial charge is 0.389 e. The zero-order chi connectivity index (χ0) is 14.3. The maximum Gasteiger partial charge on any atom is 0.221 e. The van der Waals surface area contributed by atoms with Crippen molar-refractivity contribution in [2.45, 2.75) is 20.3 Å². The maximum absolute atomic E-state index is 11.5. The number of benzene rings is 1. The third-order valence-corrected chi connectivity index (χ3v) is 2.79. The predicted octanol–water partition coefficient (Wildman–Crippen LogP) is 1.89. The number of nitrogens with two attached hydrogens (primary N) is 1. The first-order chi connectivity index (χ1) is 8.99. The van der Waals surface area contributed by atoms with Crippen molar-refractivity contribution in [2.75, 3.05) is 18.4 Å². The topological polar surface area (TPSA) is 67.2 Å². The minimum Gasteiger partial charge on any atom is -0.389 e. The molecule has 19 heavy (non-hydrogen) atoms. The van der Waals surface area contributed by atoms with Gasteiger partial charge >= 0.3 is 0 Å². The monoisotopic (exact) mass is 279 g/mol. The van der Waals surface area contributed by atoms with Crippen LogP contribution in [0.2, 0.25) is 0 Å². The Bertz CT molecular complexity index is 429. The first-order valence-corrected chi connectivity index (χ1v) is 6.80. The van der Waals surface area contributed by atoms with Gasteiger partial charge in [0.2, 0.25) is 5.91 Å². The molecule has 0 aliphatic carbocycles. The van der Waals surface area contributed by atoms with Crippen LogP contribution in [0.5, 0.6) is 0 Å². The number of hydrogen-bond donors (Lipinski definition) is 3. The number of hydrogen-bond acceptors (Lipinski definition) is 3. The van der Waals surface area contributed by atoms with Gasteiger partial charge < -0.3 is 16.4 Å². The normalized spacial score (nSPS) is 10.3. The molecule has 0 aromatic heterocycles. The maximum atomic E-state index is 11.5. The molecule has 5 heteroatoms. The Morgan fingerprint density at radius 3 is 2.47 bits per heavy atom. The fraction of sp³-hybridized carbons (Fsp3) is 0.429. The minimum absolute atomic E-state index is 0.0703. The van der Waals surface area contributed by atoms with E-state index < -0.39 is 0 Å². The Labute approximate surface area is 119 Å². The van der Waals surface area contributed by atoms with Gasteiger partial charge in [0.25, 0.3) is 0 Å². The Balaban J connectivity index is 2.29. The average Bonchev–Trinajstić information content (AvgIpc) is 2.37. The van der Waals surface area contributed by atoms with Crippen LogP contribution >= 0.6 is 12.2 Å². The molecule has 0 unspecified atom stereocenters. The average molecular weight is 279 g/mol. The lowest BCUT2D eigenvalue weighted by Gasteiger charge is -2.09. The molecular formula is C14H21N3OS. The summed E-state index contributed by atoms with van der Waals surface area (Å²) in [6.45, 7) is 5.47. The molecular weight excluding hydrogens is 258 g/mol. The summed E-state index contributed by atoms with van der Waals surface area (Å²) >= 11 is 4.88. The molecule has 0 bridgehead atoms. The van der Waals surface area contributed by atoms with Gasteiger partial charge in [0.15, 0.2) is 0 Å². The van der Waals surface area contributed by atoms with Gasteiger partial charge in [-0.3, -0.25) is 4.79 Å². The highest BCUT2D eigenvalue weighted by atomic mass is 32.1. The third kappa shape index (κ3) is 6.20. The molecule has 4 N–H and O–H groups in total. The summed E-state index contributed by atoms with van der Waals surface area (Å²) in [7, 11) is 0. The Morgan fingerprint density at radius 1 is 1.32 bits per heavy atom. The highest BCUT2D eigenvalue weighted by Crippen LogP contribution is 2.09. The van der Waals surface area contributed by atoms with E-state index in [4.69, 9.17) is 18.0 Å². The van der Waals surface area contributed by atoms with Crippen LogP contribution in [-0.4, -0.2) is 24.0 Å². The first kappa shape index (κ1) is 15.4. The highest BCUT2D eigenvalue weighted by molar-refractivity contribution is 7.80. The zero-order valence-corrected chi connectivity index (χ0v) is 12.2. The van der Waals surface area contributed by atoms with E-state index in [2.05, 4.69) is 24.5 Å². The van der Waals surface area contributed by atoms with E-state index in [9.17, 15) is 4.79 Å². The number of rotatable bonds is 7. The van der Waals surface area contributed by atoms with Crippen molar-refractivity contribution >= 4 is 28.8 Å². The SMILES string of the molecule is CC(C)CNC(=O)CCNc1ccc(C(N)=S)cc1. The Morgan fingerprint density at radius 2 is 1.95 bits per heavy atom. The van der Waals surface area contributed by atoms with E-state index in [1.165, 1.54) is 0 Å². The summed E-state index contributed by atoms with van der Waals surface area (Å²) < 4.78 is 0. The molecule has 104 valence electrons. The van der Waals surface area contributed by atoms with Gasteiger partial charge in [-0.2, -0.15) is 0 Å². The molecule has 0 saturated heterocycles. The molecule has 0 fully saturated rings. The lowest BCUT2D eigenvalue weighted by Crippen LogP contribution is -2.28. The summed E-state index contributed by atoms with van der Waals surface area (Å²) in [5.41, 5.74) is 7.32. The summed E-state index contributed by atoms with van der Waals surface area (Å²) in [4.78, 5) is 11.9. The second-order valence-electron chi connectivity index (χ2n) is 4.82. The summed E-state index contributed by atoms with van der Waals surface area (Å²) in [5.74, 6) is 0.547. The molecule has 1 rings (SSSR count). The van der Waals surface area contributed by atoms with E-state index in [0.717, 1.165) is 17.8 Å². The second-order valence-corrected chi connectivity index (χ2v) is 5.26. The van der Waals surface area contributed by atoms with Crippen LogP contribution in [0.1, 0.15) is 25.8 Å². The van der Waals surface area contributed by atoms with Gasteiger partial charge in [0.05, 0.1) is 0 Å². The van der Waals surface area contributed by atoms with E-state index in [0.29, 0.717) is 23.9 Å². The predicted molar refractivity (Wildman–Crippen MR) is 83.3 cm³/mol. The van der Waals surface area contributed by atoms with Crippen LogP contribution in [0, 0.1) is 5.92 Å². The molecule has 1 aromatic carbocycles. The number of carbonyl (C=O) groups excluding carboxylic acids is 1. The van der Waals surface area contributed by atoms with Crippen molar-refractivity contribution in [1.82, 2.24) is 5.32 Å². The number of carbonyl (C=O) groups is 1. The lowest BCUT2D eigenvalue weighted by molar-refractivity contribution is -0.120. The fourth-order valence-electron chi connectivity index (χ4n) is 1.48. The molecule has 0 aliphatic rings. The highest BCUT2D eigenvalue weighted by Gasteiger charge is 2.02. The van der Waals surface area contributed by atoms with Gasteiger partial charge in [-0.25, -0.2) is 0 Å². The molecule has 0 radical (unpaired) electrons. The smallest absolute Gasteiger partial charge is 0.221 e. The van der Waals surface area contributed by atoms with Crippen molar-refractivity contribution in [1.29, 1.82) is 0 Å². The number of anilines is 1. The quantitative estimate of drug-likeness (QED) is 0.667. The van der Waals surface area contributed by atoms with Crippen LogP contribution in [0.4, 0.5) is 5.69 Å². The van der Waals surface area contributed by atoms with Gasteiger partial charge in [-0.05, 0) is 30.2 Å². The van der Waals surface area contributed by atoms with E-state index in [1.807, 2.05) is 24.3 Å². The van der Waals surface area contributed by atoms with E-state index in [1.54, 1.807) is 0 Å². The second kappa shape index (κ2) is 7.74. The van der Waals surface area contributed by atoms with Crippen molar-refractivity contribution < 1.29 is 4.79 Å². The molecule has 0 heterocycles. The van der Waals surface area contributed by atoms with Crippen LogP contribution in [0.25, 0.3) is 0 Å². The molecule has 4 nitrogen and oxygen atoms in total. The van der Waals surface area contributed by atoms with Crippen LogP contribution in [0.3, 0.4) is 0 Å². The molecule has 1 aromatic rings. The fourth-order valence-corrected chi connectivity index (χ4v) is 1.62. The van der Waals surface area contributed by atoms with Crippen molar-refractivity contribution in [3.05, 3.63) is 29.8 Å². The van der Waals surface area contributed by atoms with Crippen LogP contribution < -0.4 is 16.4 Å². The van der Waals surface area contributed by atoms with E-state index in [-0.39, 0.29) is 5.91 Å². The Hall–Kier alpha value is -1.62. The van der Waals surface area contributed by atoms with Gasteiger partial charge in [-0.15, -0.1) is 0 Å². The van der Waals surface area contributed by atoms with Gasteiger partial charge in [-0.1, -0.05) is 26.1 Å².